The number of benzene rings is 3. The highest BCUT2D eigenvalue weighted by Gasteiger charge is 2.28. The first kappa shape index (κ1) is 22.2. The van der Waals surface area contributed by atoms with Gasteiger partial charge in [-0.15, -0.1) is 0 Å². The Bertz CT molecular complexity index is 1250. The molecule has 0 saturated carbocycles. The summed E-state index contributed by atoms with van der Waals surface area (Å²) < 4.78 is 3.08. The minimum absolute atomic E-state index is 0.146. The number of aromatic nitrogens is 1. The van der Waals surface area contributed by atoms with E-state index in [2.05, 4.69) is 75.4 Å². The zero-order chi connectivity index (χ0) is 22.8. The predicted molar refractivity (Wildman–Crippen MR) is 138 cm³/mol. The standard InChI is InChI=1S/C27H25BrClN3O/c28-23-8-11-25-22(18-23)12-13-32(25)19-26(33)30-14-16-31(17-15-30)27(20-4-2-1-3-5-20)21-6-9-24(29)10-7-21/h1-13,18,27H,14-17,19H2. The van der Waals surface area contributed by atoms with E-state index in [1.807, 2.05) is 39.9 Å². The van der Waals surface area contributed by atoms with Gasteiger partial charge in [0.25, 0.3) is 0 Å². The van der Waals surface area contributed by atoms with Crippen molar-refractivity contribution in [2.24, 2.45) is 0 Å². The molecule has 2 heterocycles. The van der Waals surface area contributed by atoms with Crippen molar-refractivity contribution in [1.82, 2.24) is 14.4 Å². The van der Waals surface area contributed by atoms with Crippen LogP contribution in [-0.2, 0) is 11.3 Å². The van der Waals surface area contributed by atoms with Crippen LogP contribution >= 0.6 is 27.5 Å². The van der Waals surface area contributed by atoms with E-state index in [9.17, 15) is 4.79 Å². The van der Waals surface area contributed by atoms with Crippen molar-refractivity contribution in [3.8, 4) is 0 Å². The van der Waals surface area contributed by atoms with Crippen molar-refractivity contribution in [3.05, 3.63) is 106 Å². The van der Waals surface area contributed by atoms with Crippen molar-refractivity contribution < 1.29 is 4.79 Å². The van der Waals surface area contributed by atoms with Crippen molar-refractivity contribution in [3.63, 3.8) is 0 Å². The summed E-state index contributed by atoms with van der Waals surface area (Å²) in [6.45, 7) is 3.46. The zero-order valence-corrected chi connectivity index (χ0v) is 20.5. The second kappa shape index (κ2) is 9.72. The highest BCUT2D eigenvalue weighted by atomic mass is 79.9. The summed E-state index contributed by atoms with van der Waals surface area (Å²) in [6, 6.07) is 27.0. The van der Waals surface area contributed by atoms with Gasteiger partial charge in [0.15, 0.2) is 0 Å². The summed E-state index contributed by atoms with van der Waals surface area (Å²) in [5.74, 6) is 0.165. The van der Waals surface area contributed by atoms with Crippen LogP contribution in [0.15, 0.2) is 89.5 Å². The SMILES string of the molecule is O=C(Cn1ccc2cc(Br)ccc21)N1CCN(C(c2ccccc2)c2ccc(Cl)cc2)CC1. The summed E-state index contributed by atoms with van der Waals surface area (Å²) in [5, 5.41) is 1.88. The second-order valence-corrected chi connectivity index (χ2v) is 9.78. The molecule has 1 atom stereocenters. The smallest absolute Gasteiger partial charge is 0.242 e. The number of halogens is 2. The molecule has 0 bridgehead atoms. The highest BCUT2D eigenvalue weighted by molar-refractivity contribution is 9.10. The van der Waals surface area contributed by atoms with Gasteiger partial charge in [0, 0.05) is 52.8 Å². The first-order valence-electron chi connectivity index (χ1n) is 11.1. The molecule has 4 aromatic rings. The molecule has 1 saturated heterocycles. The van der Waals surface area contributed by atoms with Crippen LogP contribution < -0.4 is 0 Å². The fourth-order valence-electron chi connectivity index (χ4n) is 4.68. The number of hydrogen-bond acceptors (Lipinski definition) is 2. The van der Waals surface area contributed by atoms with E-state index in [1.54, 1.807) is 0 Å². The van der Waals surface area contributed by atoms with Gasteiger partial charge in [-0.25, -0.2) is 0 Å². The average Bonchev–Trinajstić information content (AvgIpc) is 3.23. The quantitative estimate of drug-likeness (QED) is 0.322. The number of carbonyl (C=O) groups excluding carboxylic acids is 1. The third-order valence-corrected chi connectivity index (χ3v) is 7.12. The van der Waals surface area contributed by atoms with Gasteiger partial charge < -0.3 is 9.47 Å². The van der Waals surface area contributed by atoms with Crippen LogP contribution in [0.3, 0.4) is 0 Å². The lowest BCUT2D eigenvalue weighted by atomic mass is 9.96. The van der Waals surface area contributed by atoms with E-state index >= 15 is 0 Å². The van der Waals surface area contributed by atoms with Gasteiger partial charge >= 0.3 is 0 Å². The van der Waals surface area contributed by atoms with E-state index < -0.39 is 0 Å². The van der Waals surface area contributed by atoms with Crippen LogP contribution in [-0.4, -0.2) is 46.5 Å². The van der Waals surface area contributed by atoms with Gasteiger partial charge in [-0.3, -0.25) is 9.69 Å². The molecule has 0 aliphatic carbocycles. The number of carbonyl (C=O) groups is 1. The van der Waals surface area contributed by atoms with Crippen molar-refractivity contribution in [2.45, 2.75) is 12.6 Å². The van der Waals surface area contributed by atoms with Crippen molar-refractivity contribution in [1.29, 1.82) is 0 Å². The van der Waals surface area contributed by atoms with Crippen LogP contribution in [0.1, 0.15) is 17.2 Å². The molecule has 168 valence electrons. The van der Waals surface area contributed by atoms with Crippen molar-refractivity contribution in [2.75, 3.05) is 26.2 Å². The molecule has 1 unspecified atom stereocenters. The van der Waals surface area contributed by atoms with Crippen LogP contribution in [0.2, 0.25) is 5.02 Å². The number of piperazine rings is 1. The summed E-state index contributed by atoms with van der Waals surface area (Å²) in [7, 11) is 0. The fraction of sp³-hybridized carbons (Fsp3) is 0.222. The first-order valence-corrected chi connectivity index (χ1v) is 12.3. The third kappa shape index (κ3) is 4.86. The molecule has 4 nitrogen and oxygen atoms in total. The maximum absolute atomic E-state index is 13.1. The lowest BCUT2D eigenvalue weighted by Crippen LogP contribution is -2.50. The molecule has 1 aliphatic rings. The van der Waals surface area contributed by atoms with Crippen LogP contribution in [0, 0.1) is 0 Å². The van der Waals surface area contributed by atoms with Crippen LogP contribution in [0.5, 0.6) is 0 Å². The number of hydrogen-bond donors (Lipinski definition) is 0. The van der Waals surface area contributed by atoms with E-state index in [4.69, 9.17) is 11.6 Å². The minimum Gasteiger partial charge on any atom is -0.339 e. The van der Waals surface area contributed by atoms with E-state index in [0.717, 1.165) is 46.6 Å². The Kier molecular flexibility index (Phi) is 6.54. The van der Waals surface area contributed by atoms with Crippen molar-refractivity contribution >= 4 is 44.3 Å². The van der Waals surface area contributed by atoms with Gasteiger partial charge in [-0.2, -0.15) is 0 Å². The monoisotopic (exact) mass is 521 g/mol. The minimum atomic E-state index is 0.146. The zero-order valence-electron chi connectivity index (χ0n) is 18.2. The molecule has 1 amide bonds. The molecular weight excluding hydrogens is 498 g/mol. The second-order valence-electron chi connectivity index (χ2n) is 8.43. The van der Waals surface area contributed by atoms with Gasteiger partial charge in [-0.1, -0.05) is 70.0 Å². The number of fused-ring (bicyclic) bond motifs is 1. The molecular formula is C27H25BrClN3O. The Labute approximate surface area is 207 Å². The van der Waals surface area contributed by atoms with Gasteiger partial charge in [0.2, 0.25) is 5.91 Å². The summed E-state index contributed by atoms with van der Waals surface area (Å²) >= 11 is 9.66. The molecule has 5 rings (SSSR count). The lowest BCUT2D eigenvalue weighted by Gasteiger charge is -2.40. The molecule has 1 aromatic heterocycles. The van der Waals surface area contributed by atoms with Crippen LogP contribution in [0.4, 0.5) is 0 Å². The molecule has 1 aliphatic heterocycles. The Balaban J connectivity index is 1.29. The Morgan fingerprint density at radius 3 is 2.30 bits per heavy atom. The Morgan fingerprint density at radius 1 is 0.879 bits per heavy atom. The molecule has 0 spiro atoms. The maximum Gasteiger partial charge on any atom is 0.242 e. The van der Waals surface area contributed by atoms with E-state index in [0.29, 0.717) is 6.54 Å². The molecule has 0 N–H and O–H groups in total. The number of amides is 1. The third-order valence-electron chi connectivity index (χ3n) is 6.37. The average molecular weight is 523 g/mol. The first-order chi connectivity index (χ1) is 16.1. The number of rotatable bonds is 5. The van der Waals surface area contributed by atoms with Gasteiger partial charge in [-0.05, 0) is 47.5 Å². The molecule has 6 heteroatoms. The Morgan fingerprint density at radius 2 is 1.58 bits per heavy atom. The van der Waals surface area contributed by atoms with E-state index in [-0.39, 0.29) is 11.9 Å². The van der Waals surface area contributed by atoms with Gasteiger partial charge in [0.1, 0.15) is 6.54 Å². The molecule has 33 heavy (non-hydrogen) atoms. The fourth-order valence-corrected chi connectivity index (χ4v) is 5.18. The Hall–Kier alpha value is -2.60. The summed E-state index contributed by atoms with van der Waals surface area (Å²) in [4.78, 5) is 17.5. The largest absolute Gasteiger partial charge is 0.339 e. The molecule has 1 fully saturated rings. The summed E-state index contributed by atoms with van der Waals surface area (Å²) in [6.07, 6.45) is 2.00. The van der Waals surface area contributed by atoms with E-state index in [1.165, 1.54) is 11.1 Å². The highest BCUT2D eigenvalue weighted by Crippen LogP contribution is 2.30. The summed E-state index contributed by atoms with van der Waals surface area (Å²) in [5.41, 5.74) is 3.55. The lowest BCUT2D eigenvalue weighted by molar-refractivity contribution is -0.133. The predicted octanol–water partition coefficient (Wildman–Crippen LogP) is 5.99. The van der Waals surface area contributed by atoms with Gasteiger partial charge in [0.05, 0.1) is 6.04 Å². The maximum atomic E-state index is 13.1. The normalized spacial score (nSPS) is 15.6. The topological polar surface area (TPSA) is 28.5 Å². The number of nitrogens with zero attached hydrogens (tertiary/aromatic N) is 3. The molecule has 0 radical (unpaired) electrons. The molecule has 3 aromatic carbocycles. The van der Waals surface area contributed by atoms with Crippen LogP contribution in [0.25, 0.3) is 10.9 Å².